The predicted molar refractivity (Wildman–Crippen MR) is 64.7 cm³/mol. The first-order chi connectivity index (χ1) is 9.36. The Morgan fingerprint density at radius 1 is 1.20 bits per heavy atom. The number of amides is 1. The van der Waals surface area contributed by atoms with Crippen molar-refractivity contribution < 1.29 is 27.9 Å². The van der Waals surface area contributed by atoms with Crippen molar-refractivity contribution in [1.29, 1.82) is 0 Å². The maximum Gasteiger partial charge on any atom is 0.326 e. The predicted octanol–water partition coefficient (Wildman–Crippen LogP) is 2.48. The number of rotatable bonds is 6. The van der Waals surface area contributed by atoms with Gasteiger partial charge in [-0.1, -0.05) is 19.8 Å². The van der Waals surface area contributed by atoms with Gasteiger partial charge in [0.1, 0.15) is 11.9 Å². The van der Waals surface area contributed by atoms with E-state index in [1.54, 1.807) is 0 Å². The summed E-state index contributed by atoms with van der Waals surface area (Å²) in [5.74, 6) is -6.41. The van der Waals surface area contributed by atoms with Gasteiger partial charge in [-0.2, -0.15) is 0 Å². The van der Waals surface area contributed by atoms with Crippen molar-refractivity contribution in [3.05, 3.63) is 35.1 Å². The lowest BCUT2D eigenvalue weighted by Gasteiger charge is -2.14. The molecule has 1 aromatic carbocycles. The van der Waals surface area contributed by atoms with Crippen LogP contribution in [0.2, 0.25) is 0 Å². The molecule has 4 nitrogen and oxygen atoms in total. The molecule has 0 heterocycles. The van der Waals surface area contributed by atoms with Crippen molar-refractivity contribution in [3.8, 4) is 0 Å². The Labute approximate surface area is 113 Å². The molecular weight excluding hydrogens is 275 g/mol. The molecule has 1 atom stereocenters. The van der Waals surface area contributed by atoms with E-state index in [1.165, 1.54) is 0 Å². The second-order valence-electron chi connectivity index (χ2n) is 4.25. The van der Waals surface area contributed by atoms with Crippen LogP contribution in [0.15, 0.2) is 12.1 Å². The van der Waals surface area contributed by atoms with Crippen molar-refractivity contribution >= 4 is 11.9 Å². The summed E-state index contributed by atoms with van der Waals surface area (Å²) in [6.45, 7) is 1.84. The number of carboxylic acids is 1. The number of aliphatic carboxylic acids is 1. The number of benzene rings is 1. The third-order valence-electron chi connectivity index (χ3n) is 2.70. The van der Waals surface area contributed by atoms with E-state index in [1.807, 2.05) is 6.92 Å². The quantitative estimate of drug-likeness (QED) is 0.791. The zero-order valence-corrected chi connectivity index (χ0v) is 10.8. The van der Waals surface area contributed by atoms with Crippen LogP contribution >= 0.6 is 0 Å². The molecular formula is C13H14F3NO3. The third kappa shape index (κ3) is 3.97. The molecule has 2 N–H and O–H groups in total. The minimum atomic E-state index is -1.42. The van der Waals surface area contributed by atoms with Gasteiger partial charge in [0.2, 0.25) is 0 Å². The molecule has 1 aromatic rings. The van der Waals surface area contributed by atoms with Gasteiger partial charge in [0.25, 0.3) is 5.91 Å². The second-order valence-corrected chi connectivity index (χ2v) is 4.25. The Morgan fingerprint density at radius 2 is 1.80 bits per heavy atom. The molecule has 0 aliphatic carbocycles. The monoisotopic (exact) mass is 289 g/mol. The van der Waals surface area contributed by atoms with E-state index in [4.69, 9.17) is 5.11 Å². The van der Waals surface area contributed by atoms with Crippen LogP contribution < -0.4 is 5.32 Å². The summed E-state index contributed by atoms with van der Waals surface area (Å²) in [5, 5.41) is 11.0. The lowest BCUT2D eigenvalue weighted by Crippen LogP contribution is -2.41. The highest BCUT2D eigenvalue weighted by Gasteiger charge is 2.23. The summed E-state index contributed by atoms with van der Waals surface area (Å²) < 4.78 is 39.1. The molecule has 1 amide bonds. The van der Waals surface area contributed by atoms with Crippen LogP contribution in [0.3, 0.4) is 0 Å². The largest absolute Gasteiger partial charge is 0.480 e. The minimum absolute atomic E-state index is 0.170. The molecule has 0 fully saturated rings. The fraction of sp³-hybridized carbons (Fsp3) is 0.385. The summed E-state index contributed by atoms with van der Waals surface area (Å²) >= 11 is 0. The van der Waals surface area contributed by atoms with Crippen molar-refractivity contribution in [1.82, 2.24) is 5.32 Å². The first-order valence-corrected chi connectivity index (χ1v) is 6.05. The van der Waals surface area contributed by atoms with E-state index in [0.717, 1.165) is 6.42 Å². The average Bonchev–Trinajstić information content (AvgIpc) is 2.38. The average molecular weight is 289 g/mol. The maximum absolute atomic E-state index is 13.4. The molecule has 20 heavy (non-hydrogen) atoms. The van der Waals surface area contributed by atoms with Gasteiger partial charge in [0.15, 0.2) is 11.6 Å². The number of carboxylic acid groups (broad SMARTS) is 1. The van der Waals surface area contributed by atoms with Gasteiger partial charge in [0, 0.05) is 6.07 Å². The van der Waals surface area contributed by atoms with Gasteiger partial charge in [-0.15, -0.1) is 0 Å². The van der Waals surface area contributed by atoms with E-state index in [2.05, 4.69) is 5.32 Å². The zero-order chi connectivity index (χ0) is 15.3. The number of hydrogen-bond acceptors (Lipinski definition) is 2. The summed E-state index contributed by atoms with van der Waals surface area (Å²) in [6.07, 6.45) is 1.44. The van der Waals surface area contributed by atoms with Crippen molar-refractivity contribution in [2.24, 2.45) is 0 Å². The van der Waals surface area contributed by atoms with E-state index in [9.17, 15) is 22.8 Å². The fourth-order valence-electron chi connectivity index (χ4n) is 1.60. The highest BCUT2D eigenvalue weighted by Crippen LogP contribution is 2.14. The standard InChI is InChI=1S/C13H14F3NO3/c1-2-3-4-11(13(19)20)17-12(18)7-5-9(15)10(16)6-8(7)14/h5-6,11H,2-4H2,1H3,(H,17,18)(H,19,20). The van der Waals surface area contributed by atoms with Gasteiger partial charge in [-0.25, -0.2) is 18.0 Å². The number of unbranched alkanes of at least 4 members (excludes halogenated alkanes) is 1. The molecule has 7 heteroatoms. The first-order valence-electron chi connectivity index (χ1n) is 6.05. The molecule has 1 unspecified atom stereocenters. The van der Waals surface area contributed by atoms with Crippen LogP contribution in [0.1, 0.15) is 36.5 Å². The highest BCUT2D eigenvalue weighted by atomic mass is 19.2. The van der Waals surface area contributed by atoms with E-state index in [0.29, 0.717) is 12.5 Å². The molecule has 0 saturated heterocycles. The van der Waals surface area contributed by atoms with Crippen molar-refractivity contribution in [2.75, 3.05) is 0 Å². The Bertz CT molecular complexity index is 520. The van der Waals surface area contributed by atoms with Gasteiger partial charge in [0.05, 0.1) is 5.56 Å². The summed E-state index contributed by atoms with van der Waals surface area (Å²) in [5.41, 5.74) is -0.730. The normalized spacial score (nSPS) is 12.0. The van der Waals surface area contributed by atoms with Crippen molar-refractivity contribution in [3.63, 3.8) is 0 Å². The van der Waals surface area contributed by atoms with Gasteiger partial charge in [-0.3, -0.25) is 4.79 Å². The number of halogens is 3. The van der Waals surface area contributed by atoms with E-state index in [-0.39, 0.29) is 12.5 Å². The molecule has 0 radical (unpaired) electrons. The second kappa shape index (κ2) is 6.93. The summed E-state index contributed by atoms with van der Waals surface area (Å²) in [6, 6.07) is -0.555. The lowest BCUT2D eigenvalue weighted by molar-refractivity contribution is -0.139. The summed E-state index contributed by atoms with van der Waals surface area (Å²) in [7, 11) is 0. The Hall–Kier alpha value is -2.05. The van der Waals surface area contributed by atoms with E-state index >= 15 is 0 Å². The highest BCUT2D eigenvalue weighted by molar-refractivity contribution is 5.96. The van der Waals surface area contributed by atoms with Crippen LogP contribution in [0.4, 0.5) is 13.2 Å². The topological polar surface area (TPSA) is 66.4 Å². The molecule has 1 rings (SSSR count). The number of nitrogens with one attached hydrogen (secondary N) is 1. The van der Waals surface area contributed by atoms with Gasteiger partial charge >= 0.3 is 5.97 Å². The van der Waals surface area contributed by atoms with Gasteiger partial charge < -0.3 is 10.4 Å². The SMILES string of the molecule is CCCCC(NC(=O)c1cc(F)c(F)cc1F)C(=O)O. The first kappa shape index (κ1) is 16.0. The molecule has 110 valence electrons. The molecule has 0 aliphatic rings. The summed E-state index contributed by atoms with van der Waals surface area (Å²) in [4.78, 5) is 22.6. The smallest absolute Gasteiger partial charge is 0.326 e. The lowest BCUT2D eigenvalue weighted by atomic mass is 10.1. The molecule has 0 spiro atoms. The molecule has 0 saturated carbocycles. The molecule has 0 bridgehead atoms. The maximum atomic E-state index is 13.4. The van der Waals surface area contributed by atoms with Crippen LogP contribution in [-0.2, 0) is 4.79 Å². The van der Waals surface area contributed by atoms with Crippen molar-refractivity contribution in [2.45, 2.75) is 32.2 Å². The van der Waals surface area contributed by atoms with Crippen LogP contribution in [0.25, 0.3) is 0 Å². The molecule has 0 aromatic heterocycles. The van der Waals surface area contributed by atoms with Crippen LogP contribution in [-0.4, -0.2) is 23.0 Å². The van der Waals surface area contributed by atoms with Crippen LogP contribution in [0.5, 0.6) is 0 Å². The number of hydrogen-bond donors (Lipinski definition) is 2. The fourth-order valence-corrected chi connectivity index (χ4v) is 1.60. The number of carbonyl (C=O) groups excluding carboxylic acids is 1. The van der Waals surface area contributed by atoms with Crippen LogP contribution in [0, 0.1) is 17.5 Å². The Morgan fingerprint density at radius 3 is 2.35 bits per heavy atom. The van der Waals surface area contributed by atoms with Gasteiger partial charge in [-0.05, 0) is 12.5 Å². The Balaban J connectivity index is 2.89. The number of carbonyl (C=O) groups is 2. The minimum Gasteiger partial charge on any atom is -0.480 e. The third-order valence-corrected chi connectivity index (χ3v) is 2.70. The zero-order valence-electron chi connectivity index (χ0n) is 10.8. The van der Waals surface area contributed by atoms with E-state index < -0.39 is 40.9 Å². The molecule has 0 aliphatic heterocycles. The Kier molecular flexibility index (Phi) is 5.54.